The third-order valence-corrected chi connectivity index (χ3v) is 2.78. The Balaban J connectivity index is 2.19. The molecule has 0 saturated heterocycles. The van der Waals surface area contributed by atoms with Crippen molar-refractivity contribution in [3.05, 3.63) is 54.2 Å². The second-order valence-corrected chi connectivity index (χ2v) is 3.95. The molecule has 0 bridgehead atoms. The molecule has 1 aromatic carbocycles. The van der Waals surface area contributed by atoms with Gasteiger partial charge in [-0.25, -0.2) is 4.98 Å². The van der Waals surface area contributed by atoms with Gasteiger partial charge >= 0.3 is 0 Å². The number of aromatic nitrogens is 1. The first-order valence-electron chi connectivity index (χ1n) is 5.83. The van der Waals surface area contributed by atoms with E-state index in [1.807, 2.05) is 30.3 Å². The molecule has 3 N–H and O–H groups in total. The Labute approximate surface area is 102 Å². The van der Waals surface area contributed by atoms with Crippen LogP contribution >= 0.6 is 0 Å². The van der Waals surface area contributed by atoms with E-state index in [4.69, 9.17) is 5.73 Å². The van der Waals surface area contributed by atoms with Gasteiger partial charge in [-0.3, -0.25) is 0 Å². The molecule has 1 unspecified atom stereocenters. The zero-order chi connectivity index (χ0) is 12.1. The Morgan fingerprint density at radius 1 is 1.18 bits per heavy atom. The summed E-state index contributed by atoms with van der Waals surface area (Å²) in [6.45, 7) is 2.15. The van der Waals surface area contributed by atoms with Crippen molar-refractivity contribution in [3.63, 3.8) is 0 Å². The lowest BCUT2D eigenvalue weighted by molar-refractivity contribution is 0.749. The highest BCUT2D eigenvalue weighted by molar-refractivity contribution is 5.61. The normalized spacial score (nSPS) is 12.1. The fraction of sp³-hybridized carbons (Fsp3) is 0.214. The van der Waals surface area contributed by atoms with Gasteiger partial charge in [-0.05, 0) is 24.1 Å². The lowest BCUT2D eigenvalue weighted by Gasteiger charge is -2.19. The number of hydrogen-bond donors (Lipinski definition) is 2. The zero-order valence-electron chi connectivity index (χ0n) is 9.93. The molecule has 0 saturated carbocycles. The second-order valence-electron chi connectivity index (χ2n) is 3.95. The van der Waals surface area contributed by atoms with Crippen molar-refractivity contribution in [2.75, 3.05) is 11.1 Å². The fourth-order valence-corrected chi connectivity index (χ4v) is 1.83. The Morgan fingerprint density at radius 2 is 1.94 bits per heavy atom. The van der Waals surface area contributed by atoms with Crippen molar-refractivity contribution in [1.82, 2.24) is 4.98 Å². The lowest BCUT2D eigenvalue weighted by Crippen LogP contribution is -2.11. The van der Waals surface area contributed by atoms with Crippen LogP contribution in [0.25, 0.3) is 0 Å². The Kier molecular flexibility index (Phi) is 3.60. The molecule has 0 spiro atoms. The molecule has 3 heteroatoms. The van der Waals surface area contributed by atoms with Crippen LogP contribution in [0.1, 0.15) is 24.9 Å². The molecule has 0 aliphatic carbocycles. The predicted molar refractivity (Wildman–Crippen MR) is 71.7 cm³/mol. The van der Waals surface area contributed by atoms with Gasteiger partial charge in [0, 0.05) is 6.20 Å². The van der Waals surface area contributed by atoms with Crippen LogP contribution in [0.5, 0.6) is 0 Å². The first-order chi connectivity index (χ1) is 8.31. The molecule has 3 nitrogen and oxygen atoms in total. The van der Waals surface area contributed by atoms with E-state index in [1.165, 1.54) is 5.56 Å². The van der Waals surface area contributed by atoms with Crippen LogP contribution in [0.15, 0.2) is 48.7 Å². The Morgan fingerprint density at radius 3 is 2.59 bits per heavy atom. The van der Waals surface area contributed by atoms with Crippen LogP contribution in [0, 0.1) is 0 Å². The van der Waals surface area contributed by atoms with Crippen LogP contribution in [-0.2, 0) is 0 Å². The molecule has 17 heavy (non-hydrogen) atoms. The number of nitrogen functional groups attached to an aromatic ring is 1. The molecule has 0 fully saturated rings. The number of benzene rings is 1. The van der Waals surface area contributed by atoms with Crippen molar-refractivity contribution in [2.24, 2.45) is 0 Å². The molecule has 0 aliphatic rings. The van der Waals surface area contributed by atoms with Crippen LogP contribution in [-0.4, -0.2) is 4.98 Å². The summed E-state index contributed by atoms with van der Waals surface area (Å²) in [5.74, 6) is 0.543. The van der Waals surface area contributed by atoms with Crippen molar-refractivity contribution in [3.8, 4) is 0 Å². The van der Waals surface area contributed by atoms with Crippen LogP contribution in [0.3, 0.4) is 0 Å². The van der Waals surface area contributed by atoms with E-state index in [0.29, 0.717) is 5.82 Å². The summed E-state index contributed by atoms with van der Waals surface area (Å²) in [6, 6.07) is 14.5. The van der Waals surface area contributed by atoms with Crippen LogP contribution < -0.4 is 11.1 Å². The number of nitrogens with two attached hydrogens (primary N) is 1. The minimum absolute atomic E-state index is 0.266. The van der Waals surface area contributed by atoms with Crippen molar-refractivity contribution in [1.29, 1.82) is 0 Å². The summed E-state index contributed by atoms with van der Waals surface area (Å²) < 4.78 is 0. The van der Waals surface area contributed by atoms with Gasteiger partial charge in [-0.1, -0.05) is 37.3 Å². The minimum Gasteiger partial charge on any atom is -0.382 e. The SMILES string of the molecule is CCC(Nc1cccnc1N)c1ccccc1. The maximum atomic E-state index is 5.83. The number of nitrogens with zero attached hydrogens (tertiary/aromatic N) is 1. The molecule has 0 aliphatic heterocycles. The van der Waals surface area contributed by atoms with Gasteiger partial charge < -0.3 is 11.1 Å². The van der Waals surface area contributed by atoms with Crippen molar-refractivity contribution >= 4 is 11.5 Å². The molecule has 2 aromatic rings. The summed E-state index contributed by atoms with van der Waals surface area (Å²) in [4.78, 5) is 4.08. The standard InChI is InChI=1S/C14H17N3/c1-2-12(11-7-4-3-5-8-11)17-13-9-6-10-16-14(13)15/h3-10,12,17H,2H2,1H3,(H2,15,16). The summed E-state index contributed by atoms with van der Waals surface area (Å²) in [7, 11) is 0. The minimum atomic E-state index is 0.266. The summed E-state index contributed by atoms with van der Waals surface area (Å²) >= 11 is 0. The first kappa shape index (κ1) is 11.5. The van der Waals surface area contributed by atoms with Crippen LogP contribution in [0.2, 0.25) is 0 Å². The van der Waals surface area contributed by atoms with E-state index in [2.05, 4.69) is 29.4 Å². The molecule has 1 heterocycles. The fourth-order valence-electron chi connectivity index (χ4n) is 1.83. The molecule has 1 atom stereocenters. The second kappa shape index (κ2) is 5.34. The van der Waals surface area contributed by atoms with E-state index in [9.17, 15) is 0 Å². The van der Waals surface area contributed by atoms with Gasteiger partial charge in [-0.15, -0.1) is 0 Å². The lowest BCUT2D eigenvalue weighted by atomic mass is 10.0. The molecule has 0 radical (unpaired) electrons. The van der Waals surface area contributed by atoms with Gasteiger partial charge in [-0.2, -0.15) is 0 Å². The third kappa shape index (κ3) is 2.75. The number of hydrogen-bond acceptors (Lipinski definition) is 3. The average Bonchev–Trinajstić information content (AvgIpc) is 2.39. The number of rotatable bonds is 4. The number of pyridine rings is 1. The van der Waals surface area contributed by atoms with E-state index in [1.54, 1.807) is 6.20 Å². The highest BCUT2D eigenvalue weighted by Gasteiger charge is 2.09. The monoisotopic (exact) mass is 227 g/mol. The third-order valence-electron chi connectivity index (χ3n) is 2.78. The summed E-state index contributed by atoms with van der Waals surface area (Å²) in [6.07, 6.45) is 2.70. The molecule has 88 valence electrons. The van der Waals surface area contributed by atoms with Crippen molar-refractivity contribution in [2.45, 2.75) is 19.4 Å². The van der Waals surface area contributed by atoms with Gasteiger partial charge in [0.1, 0.15) is 5.82 Å². The van der Waals surface area contributed by atoms with E-state index in [-0.39, 0.29) is 6.04 Å². The van der Waals surface area contributed by atoms with E-state index < -0.39 is 0 Å². The Hall–Kier alpha value is -2.03. The molecular weight excluding hydrogens is 210 g/mol. The Bertz CT molecular complexity index is 468. The van der Waals surface area contributed by atoms with Gasteiger partial charge in [0.2, 0.25) is 0 Å². The topological polar surface area (TPSA) is 50.9 Å². The summed E-state index contributed by atoms with van der Waals surface area (Å²) in [5, 5.41) is 3.43. The molecule has 2 rings (SSSR count). The predicted octanol–water partition coefficient (Wildman–Crippen LogP) is 3.23. The highest BCUT2D eigenvalue weighted by atomic mass is 15.0. The van der Waals surface area contributed by atoms with E-state index >= 15 is 0 Å². The van der Waals surface area contributed by atoms with Gasteiger partial charge in [0.25, 0.3) is 0 Å². The number of nitrogens with one attached hydrogen (secondary N) is 1. The molecule has 1 aromatic heterocycles. The average molecular weight is 227 g/mol. The van der Waals surface area contributed by atoms with Crippen LogP contribution in [0.4, 0.5) is 11.5 Å². The number of anilines is 2. The highest BCUT2D eigenvalue weighted by Crippen LogP contribution is 2.24. The molecule has 0 amide bonds. The molecular formula is C14H17N3. The largest absolute Gasteiger partial charge is 0.382 e. The van der Waals surface area contributed by atoms with Gasteiger partial charge in [0.15, 0.2) is 0 Å². The zero-order valence-corrected chi connectivity index (χ0v) is 9.93. The van der Waals surface area contributed by atoms with E-state index in [0.717, 1.165) is 12.1 Å². The maximum absolute atomic E-state index is 5.83. The van der Waals surface area contributed by atoms with Crippen molar-refractivity contribution < 1.29 is 0 Å². The maximum Gasteiger partial charge on any atom is 0.146 e. The summed E-state index contributed by atoms with van der Waals surface area (Å²) in [5.41, 5.74) is 7.98. The smallest absolute Gasteiger partial charge is 0.146 e. The van der Waals surface area contributed by atoms with Gasteiger partial charge in [0.05, 0.1) is 11.7 Å². The quantitative estimate of drug-likeness (QED) is 0.843. The first-order valence-corrected chi connectivity index (χ1v) is 5.83.